The fourth-order valence-electron chi connectivity index (χ4n) is 3.53. The van der Waals surface area contributed by atoms with Gasteiger partial charge in [-0.15, -0.1) is 0 Å². The number of fused-ring (bicyclic) bond motifs is 4. The number of halogens is 2. The maximum absolute atomic E-state index is 13.3. The number of nitrogens with zero attached hydrogens (tertiary/aromatic N) is 1. The van der Waals surface area contributed by atoms with Gasteiger partial charge in [0.15, 0.2) is 17.2 Å². The van der Waals surface area contributed by atoms with Crippen molar-refractivity contribution in [3.05, 3.63) is 52.3 Å². The second kappa shape index (κ2) is 5.62. The first-order valence-electron chi connectivity index (χ1n) is 7.84. The molecule has 2 aromatic carbocycles. The van der Waals surface area contributed by atoms with Gasteiger partial charge in [0.2, 0.25) is 0 Å². The van der Waals surface area contributed by atoms with Crippen LogP contribution < -0.4 is 19.7 Å². The summed E-state index contributed by atoms with van der Waals surface area (Å²) in [6, 6.07) is 9.07. The largest absolute Gasteiger partial charge is 0.493 e. The molecule has 2 bridgehead atoms. The smallest absolute Gasteiger partial charge is 0.325 e. The predicted molar refractivity (Wildman–Crippen MR) is 94.5 cm³/mol. The molecule has 0 saturated carbocycles. The van der Waals surface area contributed by atoms with Crippen LogP contribution in [-0.4, -0.2) is 18.9 Å². The van der Waals surface area contributed by atoms with Crippen molar-refractivity contribution in [3.63, 3.8) is 0 Å². The number of nitrogens with one attached hydrogen (secondary N) is 1. The molecule has 1 N–H and O–H groups in total. The standard InChI is InChI=1S/C18H16BrFN2O3/c1-18-9-14(13-7-10(19)8-15(24-2)16(13)25-18)21-17(23)22(18)12-5-3-11(20)4-6-12/h3-8,14H,9H2,1-2H3,(H,21,23)/t14-,18+/m0/s1. The molecule has 5 nitrogen and oxygen atoms in total. The first-order valence-corrected chi connectivity index (χ1v) is 8.63. The molecule has 2 amide bonds. The predicted octanol–water partition coefficient (Wildman–Crippen LogP) is 4.37. The summed E-state index contributed by atoms with van der Waals surface area (Å²) in [6.07, 6.45) is 0.558. The number of ether oxygens (including phenoxy) is 2. The molecule has 2 aromatic rings. The molecule has 2 atom stereocenters. The van der Waals surface area contributed by atoms with Gasteiger partial charge in [-0.1, -0.05) is 15.9 Å². The Morgan fingerprint density at radius 1 is 1.36 bits per heavy atom. The normalized spacial score (nSPS) is 24.2. The van der Waals surface area contributed by atoms with Gasteiger partial charge in [-0.2, -0.15) is 0 Å². The molecule has 0 aromatic heterocycles. The minimum atomic E-state index is -0.904. The summed E-state index contributed by atoms with van der Waals surface area (Å²) in [5, 5.41) is 3.01. The first kappa shape index (κ1) is 16.2. The molecule has 2 aliphatic rings. The molecule has 4 rings (SSSR count). The molecule has 0 aliphatic carbocycles. The minimum Gasteiger partial charge on any atom is -0.493 e. The van der Waals surface area contributed by atoms with E-state index in [2.05, 4.69) is 21.2 Å². The van der Waals surface area contributed by atoms with E-state index in [1.54, 1.807) is 19.2 Å². The van der Waals surface area contributed by atoms with Gasteiger partial charge in [0.1, 0.15) is 5.82 Å². The molecule has 2 heterocycles. The molecule has 0 spiro atoms. The molecule has 1 saturated heterocycles. The number of carbonyl (C=O) groups excluding carboxylic acids is 1. The Morgan fingerprint density at radius 3 is 2.76 bits per heavy atom. The first-order chi connectivity index (χ1) is 11.9. The van der Waals surface area contributed by atoms with E-state index >= 15 is 0 Å². The summed E-state index contributed by atoms with van der Waals surface area (Å²) in [6.45, 7) is 1.85. The summed E-state index contributed by atoms with van der Waals surface area (Å²) in [5.41, 5.74) is 0.536. The lowest BCUT2D eigenvalue weighted by molar-refractivity contribution is 0.0349. The highest BCUT2D eigenvalue weighted by Gasteiger charge is 2.50. The van der Waals surface area contributed by atoms with Crippen LogP contribution in [0, 0.1) is 5.82 Å². The SMILES string of the molecule is COc1cc(Br)cc2c1O[C@]1(C)C[C@@H]2NC(=O)N1c1ccc(F)cc1. The van der Waals surface area contributed by atoms with Crippen LogP contribution in [0.4, 0.5) is 14.9 Å². The van der Waals surface area contributed by atoms with Crippen molar-refractivity contribution in [1.82, 2.24) is 5.32 Å². The summed E-state index contributed by atoms with van der Waals surface area (Å²) >= 11 is 3.46. The van der Waals surface area contributed by atoms with Gasteiger partial charge in [0.05, 0.1) is 13.2 Å². The zero-order valence-corrected chi connectivity index (χ0v) is 15.3. The van der Waals surface area contributed by atoms with Crippen LogP contribution in [-0.2, 0) is 0 Å². The zero-order chi connectivity index (χ0) is 17.8. The molecule has 130 valence electrons. The lowest BCUT2D eigenvalue weighted by Crippen LogP contribution is -2.65. The molecular formula is C18H16BrFN2O3. The molecular weight excluding hydrogens is 391 g/mol. The Kier molecular flexibility index (Phi) is 3.64. The minimum absolute atomic E-state index is 0.190. The maximum Gasteiger partial charge on any atom is 0.325 e. The van der Waals surface area contributed by atoms with Gasteiger partial charge in [-0.25, -0.2) is 9.18 Å². The summed E-state index contributed by atoms with van der Waals surface area (Å²) < 4.78 is 25.8. The van der Waals surface area contributed by atoms with Crippen LogP contribution >= 0.6 is 15.9 Å². The van der Waals surface area contributed by atoms with E-state index in [-0.39, 0.29) is 17.9 Å². The quantitative estimate of drug-likeness (QED) is 0.805. The van der Waals surface area contributed by atoms with E-state index in [0.717, 1.165) is 10.0 Å². The number of benzene rings is 2. The number of anilines is 1. The second-order valence-corrected chi connectivity index (χ2v) is 7.24. The van der Waals surface area contributed by atoms with Crippen LogP contribution in [0.1, 0.15) is 24.9 Å². The van der Waals surface area contributed by atoms with Crippen molar-refractivity contribution >= 4 is 27.6 Å². The van der Waals surface area contributed by atoms with Gasteiger partial charge in [0, 0.05) is 22.1 Å². The molecule has 0 unspecified atom stereocenters. The van der Waals surface area contributed by atoms with E-state index in [1.807, 2.05) is 19.1 Å². The third-order valence-corrected chi connectivity index (χ3v) is 5.06. The lowest BCUT2D eigenvalue weighted by atomic mass is 9.90. The summed E-state index contributed by atoms with van der Waals surface area (Å²) in [5.74, 6) is 0.845. The monoisotopic (exact) mass is 406 g/mol. The molecule has 1 fully saturated rings. The van der Waals surface area contributed by atoms with E-state index in [4.69, 9.17) is 9.47 Å². The number of methoxy groups -OCH3 is 1. The topological polar surface area (TPSA) is 50.8 Å². The van der Waals surface area contributed by atoms with Gasteiger partial charge in [0.25, 0.3) is 0 Å². The average molecular weight is 407 g/mol. The van der Waals surface area contributed by atoms with E-state index < -0.39 is 5.72 Å². The van der Waals surface area contributed by atoms with Crippen LogP contribution in [0.5, 0.6) is 11.5 Å². The van der Waals surface area contributed by atoms with E-state index in [0.29, 0.717) is 23.6 Å². The molecule has 7 heteroatoms. The number of rotatable bonds is 2. The van der Waals surface area contributed by atoms with Gasteiger partial charge >= 0.3 is 6.03 Å². The Labute approximate surface area is 152 Å². The number of hydrogen-bond donors (Lipinski definition) is 1. The highest BCUT2D eigenvalue weighted by molar-refractivity contribution is 9.10. The van der Waals surface area contributed by atoms with Gasteiger partial charge in [-0.3, -0.25) is 4.90 Å². The molecule has 2 aliphatic heterocycles. The van der Waals surface area contributed by atoms with Crippen LogP contribution in [0.25, 0.3) is 0 Å². The Hall–Kier alpha value is -2.28. The van der Waals surface area contributed by atoms with Crippen molar-refractivity contribution in [1.29, 1.82) is 0 Å². The number of hydrogen-bond acceptors (Lipinski definition) is 3. The van der Waals surface area contributed by atoms with E-state index in [1.165, 1.54) is 17.0 Å². The summed E-state index contributed by atoms with van der Waals surface area (Å²) in [7, 11) is 1.58. The van der Waals surface area contributed by atoms with Crippen LogP contribution in [0.15, 0.2) is 40.9 Å². The Morgan fingerprint density at radius 2 is 2.08 bits per heavy atom. The van der Waals surface area contributed by atoms with Crippen molar-refractivity contribution in [2.45, 2.75) is 25.1 Å². The number of amides is 2. The fourth-order valence-corrected chi connectivity index (χ4v) is 3.99. The highest BCUT2D eigenvalue weighted by atomic mass is 79.9. The third kappa shape index (κ3) is 2.54. The van der Waals surface area contributed by atoms with Crippen molar-refractivity contribution in [3.8, 4) is 11.5 Å². The Balaban J connectivity index is 1.82. The zero-order valence-electron chi connectivity index (χ0n) is 13.7. The molecule has 25 heavy (non-hydrogen) atoms. The van der Waals surface area contributed by atoms with Crippen molar-refractivity contribution in [2.24, 2.45) is 0 Å². The average Bonchev–Trinajstić information content (AvgIpc) is 2.56. The third-order valence-electron chi connectivity index (χ3n) is 4.61. The van der Waals surface area contributed by atoms with Crippen LogP contribution in [0.3, 0.4) is 0 Å². The number of carbonyl (C=O) groups is 1. The van der Waals surface area contributed by atoms with E-state index in [9.17, 15) is 9.18 Å². The fraction of sp³-hybridized carbons (Fsp3) is 0.278. The Bertz CT molecular complexity index is 858. The second-order valence-electron chi connectivity index (χ2n) is 6.32. The van der Waals surface area contributed by atoms with Crippen LogP contribution in [0.2, 0.25) is 0 Å². The van der Waals surface area contributed by atoms with Crippen molar-refractivity contribution in [2.75, 3.05) is 12.0 Å². The highest BCUT2D eigenvalue weighted by Crippen LogP contribution is 2.50. The van der Waals surface area contributed by atoms with Crippen molar-refractivity contribution < 1.29 is 18.7 Å². The van der Waals surface area contributed by atoms with Gasteiger partial charge < -0.3 is 14.8 Å². The lowest BCUT2D eigenvalue weighted by Gasteiger charge is -2.50. The number of urea groups is 1. The van der Waals surface area contributed by atoms with Gasteiger partial charge in [-0.05, 0) is 43.3 Å². The summed E-state index contributed by atoms with van der Waals surface area (Å²) in [4.78, 5) is 14.3. The maximum atomic E-state index is 13.3. The molecule has 0 radical (unpaired) electrons.